The van der Waals surface area contributed by atoms with E-state index < -0.39 is 23.5 Å². The van der Waals surface area contributed by atoms with Gasteiger partial charge in [0.15, 0.2) is 0 Å². The lowest BCUT2D eigenvalue weighted by atomic mass is 9.89. The molecule has 172 valence electrons. The van der Waals surface area contributed by atoms with E-state index in [9.17, 15) is 26.3 Å². The molecule has 0 atom stereocenters. The summed E-state index contributed by atoms with van der Waals surface area (Å²) in [6, 6.07) is 3.69. The van der Waals surface area contributed by atoms with E-state index in [0.717, 1.165) is 0 Å². The molecule has 0 spiro atoms. The third-order valence-electron chi connectivity index (χ3n) is 6.04. The van der Waals surface area contributed by atoms with Crippen molar-refractivity contribution in [3.8, 4) is 12.1 Å². The number of nitriles is 2. The van der Waals surface area contributed by atoms with Gasteiger partial charge < -0.3 is 0 Å². The molecule has 0 amide bonds. The van der Waals surface area contributed by atoms with Crippen molar-refractivity contribution >= 4 is 0 Å². The molecule has 2 aromatic carbocycles. The number of halogens is 6. The van der Waals surface area contributed by atoms with Crippen molar-refractivity contribution in [1.29, 1.82) is 10.5 Å². The Morgan fingerprint density at radius 2 is 0.688 bits per heavy atom. The number of nitrogens with zero attached hydrogens (tertiary/aromatic N) is 2. The molecule has 0 bridgehead atoms. The number of hydrogen-bond acceptors (Lipinski definition) is 2. The molecular formula is C24H24F6N2. The van der Waals surface area contributed by atoms with Gasteiger partial charge in [0.2, 0.25) is 0 Å². The van der Waals surface area contributed by atoms with Gasteiger partial charge >= 0.3 is 12.4 Å². The van der Waals surface area contributed by atoms with Crippen LogP contribution in [0.1, 0.15) is 66.8 Å². The third-order valence-corrected chi connectivity index (χ3v) is 6.04. The lowest BCUT2D eigenvalue weighted by Crippen LogP contribution is -2.13. The Labute approximate surface area is 184 Å². The molecule has 8 heteroatoms. The van der Waals surface area contributed by atoms with Gasteiger partial charge in [-0.3, -0.25) is 0 Å². The van der Waals surface area contributed by atoms with Crippen molar-refractivity contribution in [2.45, 2.75) is 67.7 Å². The largest absolute Gasteiger partial charge is 0.416 e. The summed E-state index contributed by atoms with van der Waals surface area (Å²) in [5.74, 6) is 0. The van der Waals surface area contributed by atoms with Crippen LogP contribution in [0.4, 0.5) is 26.3 Å². The molecule has 0 unspecified atom stereocenters. The summed E-state index contributed by atoms with van der Waals surface area (Å²) >= 11 is 0. The fourth-order valence-electron chi connectivity index (χ4n) is 3.87. The van der Waals surface area contributed by atoms with Crippen LogP contribution in [0.15, 0.2) is 0 Å². The van der Waals surface area contributed by atoms with Gasteiger partial charge in [0.1, 0.15) is 0 Å². The van der Waals surface area contributed by atoms with E-state index in [4.69, 9.17) is 10.5 Å². The maximum Gasteiger partial charge on any atom is 0.416 e. The predicted molar refractivity (Wildman–Crippen MR) is 110 cm³/mol. The Balaban J connectivity index is 0.000000320. The standard InChI is InChI=1S/2C12H12F3N/c2*1-6-7(2)10(5-16)9(4)11(8(6)3)12(13,14)15/h2*1-4H3. The summed E-state index contributed by atoms with van der Waals surface area (Å²) in [6.45, 7) is 12.2. The van der Waals surface area contributed by atoms with Crippen molar-refractivity contribution in [2.24, 2.45) is 0 Å². The average molecular weight is 454 g/mol. The van der Waals surface area contributed by atoms with E-state index in [-0.39, 0.29) is 33.4 Å². The van der Waals surface area contributed by atoms with Crippen LogP contribution < -0.4 is 0 Å². The van der Waals surface area contributed by atoms with Crippen LogP contribution in [0.2, 0.25) is 0 Å². The first kappa shape index (κ1) is 27.0. The molecule has 0 saturated heterocycles. The van der Waals surface area contributed by atoms with Gasteiger partial charge in [0, 0.05) is 0 Å². The topological polar surface area (TPSA) is 47.6 Å². The molecule has 2 nitrogen and oxygen atoms in total. The molecule has 2 rings (SSSR count). The highest BCUT2D eigenvalue weighted by Gasteiger charge is 2.37. The molecule has 0 aliphatic carbocycles. The highest BCUT2D eigenvalue weighted by atomic mass is 19.4. The normalized spacial score (nSPS) is 11.4. The lowest BCUT2D eigenvalue weighted by Gasteiger charge is -2.19. The van der Waals surface area contributed by atoms with Crippen LogP contribution in [-0.2, 0) is 12.4 Å². The highest BCUT2D eigenvalue weighted by Crippen LogP contribution is 2.39. The Bertz CT molecular complexity index is 1050. The molecular weight excluding hydrogens is 430 g/mol. The molecule has 0 aromatic heterocycles. The van der Waals surface area contributed by atoms with Crippen molar-refractivity contribution < 1.29 is 26.3 Å². The lowest BCUT2D eigenvalue weighted by molar-refractivity contribution is -0.139. The first-order valence-corrected chi connectivity index (χ1v) is 9.58. The summed E-state index contributed by atoms with van der Waals surface area (Å²) in [4.78, 5) is 0. The van der Waals surface area contributed by atoms with Crippen LogP contribution in [0, 0.1) is 78.1 Å². The van der Waals surface area contributed by atoms with Crippen LogP contribution in [0.3, 0.4) is 0 Å². The summed E-state index contributed by atoms with van der Waals surface area (Å²) in [6.07, 6.45) is -8.81. The predicted octanol–water partition coefficient (Wildman–Crippen LogP) is 7.62. The maximum atomic E-state index is 12.8. The second-order valence-corrected chi connectivity index (χ2v) is 7.72. The minimum Gasteiger partial charge on any atom is -0.192 e. The van der Waals surface area contributed by atoms with Gasteiger partial charge in [-0.15, -0.1) is 0 Å². The number of alkyl halides is 6. The molecule has 0 fully saturated rings. The molecule has 0 aliphatic rings. The second-order valence-electron chi connectivity index (χ2n) is 7.72. The first-order chi connectivity index (χ1) is 14.4. The third kappa shape index (κ3) is 4.91. The minimum atomic E-state index is -4.40. The van der Waals surface area contributed by atoms with E-state index in [1.165, 1.54) is 27.7 Å². The Morgan fingerprint density at radius 1 is 0.438 bits per heavy atom. The van der Waals surface area contributed by atoms with Crippen LogP contribution in [-0.4, -0.2) is 0 Å². The highest BCUT2D eigenvalue weighted by molar-refractivity contribution is 5.56. The molecule has 0 radical (unpaired) electrons. The maximum absolute atomic E-state index is 12.8. The van der Waals surface area contributed by atoms with Gasteiger partial charge in [0.05, 0.1) is 34.4 Å². The SMILES string of the molecule is Cc1c(C)c(C#N)c(C)c(C(F)(F)F)c1C.Cc1c(C)c(C#N)c(C)c(C(F)(F)F)c1C. The average Bonchev–Trinajstić information content (AvgIpc) is 2.64. The zero-order valence-corrected chi connectivity index (χ0v) is 19.2. The quantitative estimate of drug-likeness (QED) is 0.384. The first-order valence-electron chi connectivity index (χ1n) is 9.58. The molecule has 0 aliphatic heterocycles. The molecule has 0 N–H and O–H groups in total. The number of rotatable bonds is 0. The Kier molecular flexibility index (Phi) is 7.81. The van der Waals surface area contributed by atoms with Gasteiger partial charge in [-0.1, -0.05) is 0 Å². The Morgan fingerprint density at radius 3 is 0.875 bits per heavy atom. The van der Waals surface area contributed by atoms with E-state index in [1.807, 2.05) is 12.1 Å². The van der Waals surface area contributed by atoms with Crippen LogP contribution in [0.25, 0.3) is 0 Å². The smallest absolute Gasteiger partial charge is 0.192 e. The van der Waals surface area contributed by atoms with E-state index in [0.29, 0.717) is 22.3 Å². The monoisotopic (exact) mass is 454 g/mol. The minimum absolute atomic E-state index is 0.0237. The van der Waals surface area contributed by atoms with Gasteiger partial charge in [0.25, 0.3) is 0 Å². The molecule has 32 heavy (non-hydrogen) atoms. The zero-order valence-electron chi connectivity index (χ0n) is 19.2. The van der Waals surface area contributed by atoms with E-state index >= 15 is 0 Å². The molecule has 2 aromatic rings. The summed E-state index contributed by atoms with van der Waals surface area (Å²) in [5, 5.41) is 17.8. The van der Waals surface area contributed by atoms with Gasteiger partial charge in [-0.05, 0) is 99.9 Å². The second kappa shape index (κ2) is 9.24. The summed E-state index contributed by atoms with van der Waals surface area (Å²) in [7, 11) is 0. The molecule has 0 heterocycles. The van der Waals surface area contributed by atoms with Gasteiger partial charge in [-0.2, -0.15) is 36.9 Å². The number of hydrogen-bond donors (Lipinski definition) is 0. The Hall–Kier alpha value is -3.00. The van der Waals surface area contributed by atoms with Crippen molar-refractivity contribution in [2.75, 3.05) is 0 Å². The van der Waals surface area contributed by atoms with Crippen molar-refractivity contribution in [3.63, 3.8) is 0 Å². The number of benzene rings is 2. The van der Waals surface area contributed by atoms with Crippen molar-refractivity contribution in [3.05, 3.63) is 66.8 Å². The zero-order chi connectivity index (χ0) is 25.3. The molecule has 0 saturated carbocycles. The summed E-state index contributed by atoms with van der Waals surface area (Å²) in [5.41, 5.74) is 1.72. The van der Waals surface area contributed by atoms with E-state index in [1.54, 1.807) is 27.7 Å². The van der Waals surface area contributed by atoms with Crippen LogP contribution >= 0.6 is 0 Å². The van der Waals surface area contributed by atoms with Crippen molar-refractivity contribution in [1.82, 2.24) is 0 Å². The van der Waals surface area contributed by atoms with Crippen LogP contribution in [0.5, 0.6) is 0 Å². The fourth-order valence-corrected chi connectivity index (χ4v) is 3.87. The van der Waals surface area contributed by atoms with E-state index in [2.05, 4.69) is 0 Å². The fraction of sp³-hybridized carbons (Fsp3) is 0.417. The van der Waals surface area contributed by atoms with Gasteiger partial charge in [-0.25, -0.2) is 0 Å². The summed E-state index contributed by atoms with van der Waals surface area (Å²) < 4.78 is 77.0.